The summed E-state index contributed by atoms with van der Waals surface area (Å²) in [6, 6.07) is 0. The molecule has 1 aromatic heterocycles. The van der Waals surface area contributed by atoms with Crippen LogP contribution in [0.3, 0.4) is 0 Å². The lowest BCUT2D eigenvalue weighted by Gasteiger charge is -2.36. The number of rotatable bonds is 3. The van der Waals surface area contributed by atoms with Crippen LogP contribution < -0.4 is 0 Å². The number of nitrogens with zero attached hydrogens (tertiary/aromatic N) is 2. The number of aromatic nitrogens is 2. The Morgan fingerprint density at radius 2 is 1.88 bits per heavy atom. The van der Waals surface area contributed by atoms with E-state index < -0.39 is 17.7 Å². The Hall–Kier alpha value is -1.57. The van der Waals surface area contributed by atoms with Gasteiger partial charge in [-0.15, -0.1) is 0 Å². The minimum absolute atomic E-state index is 0.494. The second-order valence-electron chi connectivity index (χ2n) is 7.25. The van der Waals surface area contributed by atoms with Gasteiger partial charge in [-0.2, -0.15) is 13.2 Å². The maximum Gasteiger partial charge on any atom is 0.490 e. The first-order valence-corrected chi connectivity index (χ1v) is 8.64. The van der Waals surface area contributed by atoms with Crippen LogP contribution in [-0.4, -0.2) is 37.5 Å². The topological polar surface area (TPSA) is 75.3 Å². The average Bonchev–Trinajstić information content (AvgIpc) is 2.88. The third kappa shape index (κ3) is 5.45. The van der Waals surface area contributed by atoms with Gasteiger partial charge in [-0.05, 0) is 44.4 Å². The Balaban J connectivity index is 0.000000277. The molecule has 1 heterocycles. The van der Waals surface area contributed by atoms with Crippen molar-refractivity contribution >= 4 is 5.97 Å². The number of carboxylic acid groups (broad SMARTS) is 1. The normalized spacial score (nSPS) is 27.2. The van der Waals surface area contributed by atoms with E-state index in [2.05, 4.69) is 16.5 Å². The SMILES string of the molecule is CC1CCC(O)(Cn2ccnc2C2CCC2)CC1.O=C(O)C(F)(F)F. The Bertz CT molecular complexity index is 574. The lowest BCUT2D eigenvalue weighted by molar-refractivity contribution is -0.192. The van der Waals surface area contributed by atoms with Gasteiger partial charge in [-0.3, -0.25) is 0 Å². The number of halogens is 3. The molecule has 2 aliphatic rings. The minimum Gasteiger partial charge on any atom is -0.475 e. The van der Waals surface area contributed by atoms with Crippen LogP contribution in [0.4, 0.5) is 13.2 Å². The maximum absolute atomic E-state index is 10.7. The van der Waals surface area contributed by atoms with Crippen LogP contribution in [0.25, 0.3) is 0 Å². The minimum atomic E-state index is -5.08. The lowest BCUT2D eigenvalue weighted by atomic mass is 9.79. The molecule has 0 aliphatic heterocycles. The summed E-state index contributed by atoms with van der Waals surface area (Å²) in [6.07, 6.45) is 6.92. The zero-order chi connectivity index (χ0) is 18.7. The number of imidazole rings is 1. The molecule has 0 radical (unpaired) electrons. The highest BCUT2D eigenvalue weighted by Gasteiger charge is 2.38. The van der Waals surface area contributed by atoms with E-state index in [1.807, 2.05) is 12.4 Å². The van der Waals surface area contributed by atoms with Crippen molar-refractivity contribution in [3.8, 4) is 0 Å². The van der Waals surface area contributed by atoms with Crippen molar-refractivity contribution in [3.63, 3.8) is 0 Å². The number of carbonyl (C=O) groups is 1. The molecule has 0 amide bonds. The molecule has 2 N–H and O–H groups in total. The summed E-state index contributed by atoms with van der Waals surface area (Å²) in [7, 11) is 0. The predicted octanol–water partition coefficient (Wildman–Crippen LogP) is 3.73. The van der Waals surface area contributed by atoms with Crippen LogP contribution in [0, 0.1) is 5.92 Å². The van der Waals surface area contributed by atoms with Crippen LogP contribution in [-0.2, 0) is 11.3 Å². The van der Waals surface area contributed by atoms with E-state index >= 15 is 0 Å². The molecular weight excluding hydrogens is 337 g/mol. The second kappa shape index (κ2) is 7.76. The van der Waals surface area contributed by atoms with Gasteiger partial charge in [0.1, 0.15) is 5.82 Å². The van der Waals surface area contributed by atoms with Crippen molar-refractivity contribution in [2.75, 3.05) is 0 Å². The third-order valence-electron chi connectivity index (χ3n) is 5.13. The van der Waals surface area contributed by atoms with E-state index in [9.17, 15) is 18.3 Å². The molecule has 2 fully saturated rings. The quantitative estimate of drug-likeness (QED) is 0.859. The molecule has 8 heteroatoms. The van der Waals surface area contributed by atoms with E-state index in [4.69, 9.17) is 9.90 Å². The largest absolute Gasteiger partial charge is 0.490 e. The number of aliphatic hydroxyl groups is 1. The molecule has 5 nitrogen and oxygen atoms in total. The van der Waals surface area contributed by atoms with Crippen LogP contribution in [0.2, 0.25) is 0 Å². The summed E-state index contributed by atoms with van der Waals surface area (Å²) in [5.74, 6) is -0.133. The van der Waals surface area contributed by atoms with Gasteiger partial charge in [-0.25, -0.2) is 9.78 Å². The summed E-state index contributed by atoms with van der Waals surface area (Å²) >= 11 is 0. The standard InChI is InChI=1S/C15H24N2O.C2HF3O2/c1-12-5-7-15(18,8-6-12)11-17-10-9-16-14(17)13-3-2-4-13;3-2(4,5)1(6)7/h9-10,12-13,18H,2-8,11H2,1H3;(H,6,7). The van der Waals surface area contributed by atoms with Crippen molar-refractivity contribution in [2.45, 2.75) is 76.1 Å². The Morgan fingerprint density at radius 1 is 1.32 bits per heavy atom. The molecule has 25 heavy (non-hydrogen) atoms. The van der Waals surface area contributed by atoms with Gasteiger partial charge in [-0.1, -0.05) is 13.3 Å². The van der Waals surface area contributed by atoms with Gasteiger partial charge >= 0.3 is 12.1 Å². The van der Waals surface area contributed by atoms with Gasteiger partial charge in [0.25, 0.3) is 0 Å². The van der Waals surface area contributed by atoms with Crippen LogP contribution in [0.1, 0.15) is 63.6 Å². The van der Waals surface area contributed by atoms with E-state index in [0.29, 0.717) is 5.92 Å². The van der Waals surface area contributed by atoms with Crippen LogP contribution in [0.5, 0.6) is 0 Å². The molecule has 0 unspecified atom stereocenters. The summed E-state index contributed by atoms with van der Waals surface area (Å²) < 4.78 is 33.9. The Morgan fingerprint density at radius 3 is 2.32 bits per heavy atom. The molecule has 3 rings (SSSR count). The van der Waals surface area contributed by atoms with Crippen molar-refractivity contribution in [1.29, 1.82) is 0 Å². The first-order chi connectivity index (χ1) is 11.6. The highest BCUT2D eigenvalue weighted by Crippen LogP contribution is 2.37. The van der Waals surface area contributed by atoms with Crippen molar-refractivity contribution in [3.05, 3.63) is 18.2 Å². The third-order valence-corrected chi connectivity index (χ3v) is 5.13. The highest BCUT2D eigenvalue weighted by atomic mass is 19.4. The molecule has 0 aromatic carbocycles. The molecule has 0 saturated heterocycles. The number of aliphatic carboxylic acids is 1. The van der Waals surface area contributed by atoms with Gasteiger partial charge in [0.2, 0.25) is 0 Å². The Labute approximate surface area is 144 Å². The maximum atomic E-state index is 10.7. The van der Waals surface area contributed by atoms with Crippen LogP contribution in [0.15, 0.2) is 12.4 Å². The number of carboxylic acids is 1. The fourth-order valence-corrected chi connectivity index (χ4v) is 3.26. The van der Waals surface area contributed by atoms with Gasteiger partial charge in [0, 0.05) is 18.3 Å². The molecule has 142 valence electrons. The number of hydrogen-bond donors (Lipinski definition) is 2. The van der Waals surface area contributed by atoms with Gasteiger partial charge < -0.3 is 14.8 Å². The second-order valence-corrected chi connectivity index (χ2v) is 7.25. The summed E-state index contributed by atoms with van der Waals surface area (Å²) in [4.78, 5) is 13.4. The number of alkyl halides is 3. The van der Waals surface area contributed by atoms with E-state index in [0.717, 1.165) is 38.1 Å². The van der Waals surface area contributed by atoms with Crippen molar-refractivity contribution in [2.24, 2.45) is 5.92 Å². The molecule has 2 aliphatic carbocycles. The molecule has 0 spiro atoms. The van der Waals surface area contributed by atoms with Gasteiger partial charge in [0.15, 0.2) is 0 Å². The average molecular weight is 362 g/mol. The molecule has 2 saturated carbocycles. The van der Waals surface area contributed by atoms with E-state index in [1.165, 1.54) is 25.1 Å². The van der Waals surface area contributed by atoms with Gasteiger partial charge in [0.05, 0.1) is 12.1 Å². The van der Waals surface area contributed by atoms with E-state index in [1.54, 1.807) is 0 Å². The zero-order valence-electron chi connectivity index (χ0n) is 14.3. The molecule has 1 aromatic rings. The summed E-state index contributed by atoms with van der Waals surface area (Å²) in [5.41, 5.74) is -0.494. The summed E-state index contributed by atoms with van der Waals surface area (Å²) in [5, 5.41) is 17.8. The lowest BCUT2D eigenvalue weighted by Crippen LogP contribution is -2.38. The van der Waals surface area contributed by atoms with Crippen molar-refractivity contribution < 1.29 is 28.2 Å². The number of hydrogen-bond acceptors (Lipinski definition) is 3. The molecule has 0 atom stereocenters. The van der Waals surface area contributed by atoms with E-state index in [-0.39, 0.29) is 0 Å². The predicted molar refractivity (Wildman–Crippen MR) is 85.1 cm³/mol. The first-order valence-electron chi connectivity index (χ1n) is 8.64. The first kappa shape index (κ1) is 19.8. The smallest absolute Gasteiger partial charge is 0.475 e. The highest BCUT2D eigenvalue weighted by molar-refractivity contribution is 5.73. The van der Waals surface area contributed by atoms with Crippen LogP contribution >= 0.6 is 0 Å². The molecular formula is C17H25F3N2O3. The monoisotopic (exact) mass is 362 g/mol. The zero-order valence-corrected chi connectivity index (χ0v) is 14.3. The fourth-order valence-electron chi connectivity index (χ4n) is 3.26. The summed E-state index contributed by atoms with van der Waals surface area (Å²) in [6.45, 7) is 3.03. The van der Waals surface area contributed by atoms with Crippen molar-refractivity contribution in [1.82, 2.24) is 9.55 Å². The molecule has 0 bridgehead atoms. The Kier molecular flexibility index (Phi) is 6.13. The fraction of sp³-hybridized carbons (Fsp3) is 0.765.